The number of benzene rings is 1. The molecule has 0 saturated heterocycles. The van der Waals surface area contributed by atoms with Crippen molar-refractivity contribution >= 4 is 0 Å². The Balaban J connectivity index is 2.34. The summed E-state index contributed by atoms with van der Waals surface area (Å²) < 4.78 is 5.08. The van der Waals surface area contributed by atoms with E-state index >= 15 is 0 Å². The molecule has 3 heteroatoms. The van der Waals surface area contributed by atoms with Crippen molar-refractivity contribution in [2.45, 2.75) is 0 Å². The van der Waals surface area contributed by atoms with Crippen LogP contribution in [0.2, 0.25) is 0 Å². The second-order valence-electron chi connectivity index (χ2n) is 2.86. The lowest BCUT2D eigenvalue weighted by molar-refractivity contribution is 0.415. The molecule has 0 saturated carbocycles. The molecule has 0 atom stereocenters. The topological polar surface area (TPSA) is 35.0 Å². The van der Waals surface area contributed by atoms with Crippen molar-refractivity contribution in [1.29, 1.82) is 0 Å². The molecular formula is C11H10N2O. The van der Waals surface area contributed by atoms with E-state index in [1.165, 1.54) is 0 Å². The highest BCUT2D eigenvalue weighted by molar-refractivity contribution is 5.62. The van der Waals surface area contributed by atoms with E-state index in [-0.39, 0.29) is 0 Å². The van der Waals surface area contributed by atoms with Crippen LogP contribution in [0.25, 0.3) is 11.1 Å². The van der Waals surface area contributed by atoms with Gasteiger partial charge in [0.25, 0.3) is 0 Å². The summed E-state index contributed by atoms with van der Waals surface area (Å²) in [6.07, 6.45) is 3.42. The first-order valence-corrected chi connectivity index (χ1v) is 4.31. The van der Waals surface area contributed by atoms with Gasteiger partial charge in [0.1, 0.15) is 5.75 Å². The minimum absolute atomic E-state index is 0.857. The predicted octanol–water partition coefficient (Wildman–Crippen LogP) is 2.15. The van der Waals surface area contributed by atoms with Gasteiger partial charge >= 0.3 is 0 Å². The number of hydrogen-bond acceptors (Lipinski definition) is 3. The highest BCUT2D eigenvalue weighted by Crippen LogP contribution is 2.20. The zero-order valence-electron chi connectivity index (χ0n) is 7.84. The Kier molecular flexibility index (Phi) is 2.40. The summed E-state index contributed by atoms with van der Waals surface area (Å²) in [4.78, 5) is 0. The minimum Gasteiger partial charge on any atom is -0.497 e. The summed E-state index contributed by atoms with van der Waals surface area (Å²) in [7, 11) is 1.66. The summed E-state index contributed by atoms with van der Waals surface area (Å²) in [6, 6.07) is 9.77. The van der Waals surface area contributed by atoms with Crippen molar-refractivity contribution in [3.63, 3.8) is 0 Å². The number of rotatable bonds is 2. The molecule has 0 amide bonds. The molecule has 0 aliphatic rings. The lowest BCUT2D eigenvalue weighted by Crippen LogP contribution is -1.84. The van der Waals surface area contributed by atoms with Crippen LogP contribution in [0.3, 0.4) is 0 Å². The van der Waals surface area contributed by atoms with Crippen LogP contribution >= 0.6 is 0 Å². The third kappa shape index (κ3) is 1.71. The summed E-state index contributed by atoms with van der Waals surface area (Å²) in [6.45, 7) is 0. The number of nitrogens with zero attached hydrogens (tertiary/aromatic N) is 2. The Hall–Kier alpha value is -1.90. The van der Waals surface area contributed by atoms with Crippen LogP contribution in [-0.2, 0) is 0 Å². The Morgan fingerprint density at radius 3 is 2.29 bits per heavy atom. The first-order valence-electron chi connectivity index (χ1n) is 4.31. The fourth-order valence-electron chi connectivity index (χ4n) is 1.24. The summed E-state index contributed by atoms with van der Waals surface area (Å²) in [5.41, 5.74) is 2.17. The molecule has 0 bridgehead atoms. The number of methoxy groups -OCH3 is 1. The summed E-state index contributed by atoms with van der Waals surface area (Å²) >= 11 is 0. The highest BCUT2D eigenvalue weighted by Gasteiger charge is 1.97. The molecule has 2 aromatic rings. The summed E-state index contributed by atoms with van der Waals surface area (Å²) in [5, 5.41) is 7.55. The number of ether oxygens (including phenoxy) is 1. The van der Waals surface area contributed by atoms with Crippen molar-refractivity contribution in [1.82, 2.24) is 10.2 Å². The maximum absolute atomic E-state index is 5.08. The van der Waals surface area contributed by atoms with Crippen molar-refractivity contribution in [3.8, 4) is 16.9 Å². The van der Waals surface area contributed by atoms with Gasteiger partial charge in [-0.25, -0.2) is 0 Å². The molecule has 0 N–H and O–H groups in total. The molecule has 0 spiro atoms. The average Bonchev–Trinajstić information content (AvgIpc) is 2.30. The Morgan fingerprint density at radius 2 is 1.71 bits per heavy atom. The van der Waals surface area contributed by atoms with E-state index < -0.39 is 0 Å². The molecule has 0 aliphatic carbocycles. The molecule has 14 heavy (non-hydrogen) atoms. The fourth-order valence-corrected chi connectivity index (χ4v) is 1.24. The van der Waals surface area contributed by atoms with Crippen LogP contribution in [0.5, 0.6) is 5.75 Å². The Bertz CT molecular complexity index is 397. The third-order valence-corrected chi connectivity index (χ3v) is 2.01. The molecule has 0 unspecified atom stereocenters. The van der Waals surface area contributed by atoms with Crippen molar-refractivity contribution in [3.05, 3.63) is 42.7 Å². The molecule has 0 radical (unpaired) electrons. The van der Waals surface area contributed by atoms with Crippen LogP contribution in [0.1, 0.15) is 0 Å². The first kappa shape index (κ1) is 8.69. The monoisotopic (exact) mass is 186 g/mol. The normalized spacial score (nSPS) is 9.79. The zero-order valence-corrected chi connectivity index (χ0v) is 7.84. The summed E-state index contributed by atoms with van der Waals surface area (Å²) in [5.74, 6) is 0.857. The number of aromatic nitrogens is 2. The molecule has 0 aliphatic heterocycles. The highest BCUT2D eigenvalue weighted by atomic mass is 16.5. The lowest BCUT2D eigenvalue weighted by atomic mass is 10.1. The van der Waals surface area contributed by atoms with Crippen LogP contribution < -0.4 is 4.74 Å². The Labute approximate surface area is 82.4 Å². The van der Waals surface area contributed by atoms with Gasteiger partial charge in [0.05, 0.1) is 19.5 Å². The zero-order chi connectivity index (χ0) is 9.80. The van der Waals surface area contributed by atoms with E-state index in [9.17, 15) is 0 Å². The van der Waals surface area contributed by atoms with Gasteiger partial charge in [0, 0.05) is 5.56 Å². The largest absolute Gasteiger partial charge is 0.497 e. The molecule has 1 heterocycles. The molecule has 70 valence electrons. The first-order chi connectivity index (χ1) is 6.90. The van der Waals surface area contributed by atoms with Gasteiger partial charge in [0.15, 0.2) is 0 Å². The molecule has 1 aromatic heterocycles. The van der Waals surface area contributed by atoms with Gasteiger partial charge in [-0.3, -0.25) is 0 Å². The van der Waals surface area contributed by atoms with E-state index in [2.05, 4.69) is 10.2 Å². The van der Waals surface area contributed by atoms with Crippen molar-refractivity contribution in [2.24, 2.45) is 0 Å². The van der Waals surface area contributed by atoms with E-state index in [0.29, 0.717) is 0 Å². The van der Waals surface area contributed by atoms with Crippen LogP contribution in [-0.4, -0.2) is 17.3 Å². The van der Waals surface area contributed by atoms with Gasteiger partial charge in [0.2, 0.25) is 0 Å². The van der Waals surface area contributed by atoms with Gasteiger partial charge in [-0.05, 0) is 23.8 Å². The Morgan fingerprint density at radius 1 is 0.929 bits per heavy atom. The van der Waals surface area contributed by atoms with Crippen molar-refractivity contribution in [2.75, 3.05) is 7.11 Å². The molecular weight excluding hydrogens is 176 g/mol. The predicted molar refractivity (Wildman–Crippen MR) is 54.0 cm³/mol. The second-order valence-corrected chi connectivity index (χ2v) is 2.86. The molecule has 1 aromatic carbocycles. The van der Waals surface area contributed by atoms with Gasteiger partial charge in [-0.15, -0.1) is 0 Å². The van der Waals surface area contributed by atoms with Gasteiger partial charge < -0.3 is 4.74 Å². The molecule has 2 rings (SSSR count). The maximum Gasteiger partial charge on any atom is 0.118 e. The third-order valence-electron chi connectivity index (χ3n) is 2.01. The maximum atomic E-state index is 5.08. The lowest BCUT2D eigenvalue weighted by Gasteiger charge is -2.02. The van der Waals surface area contributed by atoms with Crippen LogP contribution in [0.15, 0.2) is 42.7 Å². The van der Waals surface area contributed by atoms with Gasteiger partial charge in [-0.1, -0.05) is 12.1 Å². The van der Waals surface area contributed by atoms with E-state index in [0.717, 1.165) is 16.9 Å². The minimum atomic E-state index is 0.857. The second kappa shape index (κ2) is 3.87. The van der Waals surface area contributed by atoms with E-state index in [1.807, 2.05) is 30.3 Å². The average molecular weight is 186 g/mol. The number of hydrogen-bond donors (Lipinski definition) is 0. The standard InChI is InChI=1S/C11H10N2O/c1-14-11-4-2-9(3-5-11)10-6-7-12-13-8-10/h2-8H,1H3. The van der Waals surface area contributed by atoms with Crippen LogP contribution in [0.4, 0.5) is 0 Å². The SMILES string of the molecule is COc1ccc(-c2ccnnc2)cc1. The quantitative estimate of drug-likeness (QED) is 0.720. The van der Waals surface area contributed by atoms with Crippen molar-refractivity contribution < 1.29 is 4.74 Å². The van der Waals surface area contributed by atoms with E-state index in [1.54, 1.807) is 19.5 Å². The smallest absolute Gasteiger partial charge is 0.118 e. The van der Waals surface area contributed by atoms with E-state index in [4.69, 9.17) is 4.74 Å². The molecule has 3 nitrogen and oxygen atoms in total. The fraction of sp³-hybridized carbons (Fsp3) is 0.0909. The van der Waals surface area contributed by atoms with Crippen LogP contribution in [0, 0.1) is 0 Å². The molecule has 0 fully saturated rings. The van der Waals surface area contributed by atoms with Gasteiger partial charge in [-0.2, -0.15) is 10.2 Å².